The van der Waals surface area contributed by atoms with Crippen LogP contribution in [0.25, 0.3) is 0 Å². The minimum atomic E-state index is -0.505. The van der Waals surface area contributed by atoms with Crippen LogP contribution in [0, 0.1) is 5.92 Å². The van der Waals surface area contributed by atoms with E-state index in [1.807, 2.05) is 20.8 Å². The second-order valence-electron chi connectivity index (χ2n) is 5.80. The van der Waals surface area contributed by atoms with Crippen molar-refractivity contribution in [2.45, 2.75) is 51.3 Å². The Bertz CT molecular complexity index is 335. The average molecular weight is 240 g/mol. The van der Waals surface area contributed by atoms with E-state index >= 15 is 0 Å². The lowest BCUT2D eigenvalue weighted by atomic mass is 9.98. The molecule has 1 aliphatic heterocycles. The standard InChI is InChI=1S/C12H20N2O3/c1-12(2,3)17-11(16)14-8-6-13-7-4-5-9(15)10(7)8/h7-8,10,13H,4-6H2,1-3H3,(H,14,16). The number of carbonyl (C=O) groups is 2. The average Bonchev–Trinajstić information content (AvgIpc) is 2.68. The Morgan fingerprint density at radius 2 is 2.18 bits per heavy atom. The molecule has 2 fully saturated rings. The van der Waals surface area contributed by atoms with E-state index in [1.165, 1.54) is 0 Å². The summed E-state index contributed by atoms with van der Waals surface area (Å²) < 4.78 is 5.19. The lowest BCUT2D eigenvalue weighted by molar-refractivity contribution is -0.121. The maximum Gasteiger partial charge on any atom is 0.407 e. The molecule has 1 saturated carbocycles. The molecule has 0 spiro atoms. The summed E-state index contributed by atoms with van der Waals surface area (Å²) in [6.45, 7) is 6.12. The smallest absolute Gasteiger partial charge is 0.407 e. The number of carbonyl (C=O) groups excluding carboxylic acids is 2. The van der Waals surface area contributed by atoms with Gasteiger partial charge in [0.25, 0.3) is 0 Å². The number of hydrogen-bond donors (Lipinski definition) is 2. The highest BCUT2D eigenvalue weighted by Gasteiger charge is 2.45. The predicted molar refractivity (Wildman–Crippen MR) is 62.7 cm³/mol. The first-order valence-electron chi connectivity index (χ1n) is 6.12. The fraction of sp³-hybridized carbons (Fsp3) is 0.833. The van der Waals surface area contributed by atoms with Crippen LogP contribution in [-0.2, 0) is 9.53 Å². The van der Waals surface area contributed by atoms with Gasteiger partial charge in [-0.25, -0.2) is 4.79 Å². The zero-order valence-electron chi connectivity index (χ0n) is 10.6. The van der Waals surface area contributed by atoms with Crippen molar-refractivity contribution in [3.63, 3.8) is 0 Å². The van der Waals surface area contributed by atoms with E-state index in [-0.39, 0.29) is 23.8 Å². The van der Waals surface area contributed by atoms with Crippen molar-refractivity contribution in [3.05, 3.63) is 0 Å². The van der Waals surface area contributed by atoms with Gasteiger partial charge in [0.05, 0.1) is 12.0 Å². The van der Waals surface area contributed by atoms with Gasteiger partial charge in [0.15, 0.2) is 0 Å². The molecule has 0 bridgehead atoms. The van der Waals surface area contributed by atoms with Crippen LogP contribution in [0.5, 0.6) is 0 Å². The minimum Gasteiger partial charge on any atom is -0.444 e. The molecule has 2 aliphatic rings. The summed E-state index contributed by atoms with van der Waals surface area (Å²) in [6, 6.07) is 0.118. The maximum absolute atomic E-state index is 11.7. The molecule has 0 radical (unpaired) electrons. The quantitative estimate of drug-likeness (QED) is 0.712. The third-order valence-electron chi connectivity index (χ3n) is 3.24. The Balaban J connectivity index is 1.91. The van der Waals surface area contributed by atoms with Crippen LogP contribution in [0.1, 0.15) is 33.6 Å². The molecular weight excluding hydrogens is 220 g/mol. The third-order valence-corrected chi connectivity index (χ3v) is 3.24. The first-order chi connectivity index (χ1) is 7.87. The van der Waals surface area contributed by atoms with E-state index in [2.05, 4.69) is 10.6 Å². The summed E-state index contributed by atoms with van der Waals surface area (Å²) in [7, 11) is 0. The Hall–Kier alpha value is -1.10. The fourth-order valence-electron chi connectivity index (χ4n) is 2.61. The zero-order chi connectivity index (χ0) is 12.6. The van der Waals surface area contributed by atoms with Crippen LogP contribution in [0.4, 0.5) is 4.79 Å². The molecule has 1 saturated heterocycles. The number of Topliss-reactive ketones (excluding diaryl/α,β-unsaturated/α-hetero) is 1. The van der Waals surface area contributed by atoms with Crippen molar-refractivity contribution < 1.29 is 14.3 Å². The Kier molecular flexibility index (Phi) is 3.12. The molecule has 1 aliphatic carbocycles. The number of fused-ring (bicyclic) bond motifs is 1. The van der Waals surface area contributed by atoms with Gasteiger partial charge in [-0.1, -0.05) is 0 Å². The van der Waals surface area contributed by atoms with Crippen LogP contribution < -0.4 is 10.6 Å². The van der Waals surface area contributed by atoms with Crippen molar-refractivity contribution in [1.29, 1.82) is 0 Å². The van der Waals surface area contributed by atoms with Gasteiger partial charge in [-0.05, 0) is 27.2 Å². The number of amides is 1. The molecule has 2 N–H and O–H groups in total. The monoisotopic (exact) mass is 240 g/mol. The van der Waals surface area contributed by atoms with Crippen LogP contribution in [0.2, 0.25) is 0 Å². The minimum absolute atomic E-state index is 0.0671. The molecule has 0 aromatic rings. The van der Waals surface area contributed by atoms with E-state index in [0.29, 0.717) is 13.0 Å². The van der Waals surface area contributed by atoms with Gasteiger partial charge in [-0.2, -0.15) is 0 Å². The van der Waals surface area contributed by atoms with Crippen molar-refractivity contribution >= 4 is 11.9 Å². The number of ketones is 1. The molecule has 17 heavy (non-hydrogen) atoms. The van der Waals surface area contributed by atoms with Crippen LogP contribution >= 0.6 is 0 Å². The van der Waals surface area contributed by atoms with Crippen molar-refractivity contribution in [2.24, 2.45) is 5.92 Å². The molecule has 0 aromatic heterocycles. The molecule has 3 unspecified atom stereocenters. The summed E-state index contributed by atoms with van der Waals surface area (Å²) in [5.74, 6) is 0.184. The number of ether oxygens (including phenoxy) is 1. The highest BCUT2D eigenvalue weighted by atomic mass is 16.6. The van der Waals surface area contributed by atoms with E-state index < -0.39 is 11.7 Å². The van der Waals surface area contributed by atoms with Gasteiger partial charge in [-0.15, -0.1) is 0 Å². The summed E-state index contributed by atoms with van der Waals surface area (Å²) in [5.41, 5.74) is -0.505. The Morgan fingerprint density at radius 1 is 1.47 bits per heavy atom. The molecule has 1 amide bonds. The Morgan fingerprint density at radius 3 is 2.82 bits per heavy atom. The predicted octanol–water partition coefficient (Wildman–Crippen LogP) is 0.831. The number of nitrogens with one attached hydrogen (secondary N) is 2. The van der Waals surface area contributed by atoms with Crippen LogP contribution in [-0.4, -0.2) is 36.1 Å². The van der Waals surface area contributed by atoms with Crippen LogP contribution in [0.3, 0.4) is 0 Å². The van der Waals surface area contributed by atoms with Crippen molar-refractivity contribution in [3.8, 4) is 0 Å². The molecule has 0 aromatic carbocycles. The molecular formula is C12H20N2O3. The van der Waals surface area contributed by atoms with E-state index in [0.717, 1.165) is 6.42 Å². The lowest BCUT2D eigenvalue weighted by Gasteiger charge is -2.23. The van der Waals surface area contributed by atoms with Gasteiger partial charge in [-0.3, -0.25) is 4.79 Å². The highest BCUT2D eigenvalue weighted by Crippen LogP contribution is 2.29. The van der Waals surface area contributed by atoms with Crippen LogP contribution in [0.15, 0.2) is 0 Å². The second-order valence-corrected chi connectivity index (χ2v) is 5.80. The summed E-state index contributed by atoms with van der Waals surface area (Å²) >= 11 is 0. The van der Waals surface area contributed by atoms with E-state index in [4.69, 9.17) is 4.74 Å². The number of rotatable bonds is 1. The van der Waals surface area contributed by atoms with E-state index in [9.17, 15) is 9.59 Å². The van der Waals surface area contributed by atoms with Gasteiger partial charge >= 0.3 is 6.09 Å². The summed E-state index contributed by atoms with van der Waals surface area (Å²) in [6.07, 6.45) is 1.06. The fourth-order valence-corrected chi connectivity index (χ4v) is 2.61. The number of hydrogen-bond acceptors (Lipinski definition) is 4. The molecule has 5 nitrogen and oxygen atoms in total. The lowest BCUT2D eigenvalue weighted by Crippen LogP contribution is -2.44. The van der Waals surface area contributed by atoms with Gasteiger partial charge in [0, 0.05) is 19.0 Å². The Labute approximate surface area is 101 Å². The largest absolute Gasteiger partial charge is 0.444 e. The molecule has 2 rings (SSSR count). The van der Waals surface area contributed by atoms with Gasteiger partial charge < -0.3 is 15.4 Å². The topological polar surface area (TPSA) is 67.4 Å². The highest BCUT2D eigenvalue weighted by molar-refractivity contribution is 5.86. The first kappa shape index (κ1) is 12.4. The molecule has 5 heteroatoms. The number of alkyl carbamates (subject to hydrolysis) is 1. The molecule has 96 valence electrons. The maximum atomic E-state index is 11.7. The van der Waals surface area contributed by atoms with Gasteiger partial charge in [0.1, 0.15) is 11.4 Å². The summed E-state index contributed by atoms with van der Waals surface area (Å²) in [4.78, 5) is 23.3. The molecule has 1 heterocycles. The van der Waals surface area contributed by atoms with Crippen molar-refractivity contribution in [2.75, 3.05) is 6.54 Å². The van der Waals surface area contributed by atoms with Gasteiger partial charge in [0.2, 0.25) is 0 Å². The second kappa shape index (κ2) is 4.29. The SMILES string of the molecule is CC(C)(C)OC(=O)NC1CNC2CCC(=O)C21. The third kappa shape index (κ3) is 2.77. The zero-order valence-corrected chi connectivity index (χ0v) is 10.6. The van der Waals surface area contributed by atoms with Crippen molar-refractivity contribution in [1.82, 2.24) is 10.6 Å². The normalized spacial score (nSPS) is 32.4. The van der Waals surface area contributed by atoms with E-state index in [1.54, 1.807) is 0 Å². The first-order valence-corrected chi connectivity index (χ1v) is 6.12. The molecule has 3 atom stereocenters. The summed E-state index contributed by atoms with van der Waals surface area (Å²) in [5, 5.41) is 6.07.